The molecule has 1 aliphatic rings. The zero-order chi connectivity index (χ0) is 22.3. The number of aliphatic hydroxyl groups excluding tert-OH is 1. The summed E-state index contributed by atoms with van der Waals surface area (Å²) in [5.41, 5.74) is 6.08. The van der Waals surface area contributed by atoms with Gasteiger partial charge in [0.25, 0.3) is 11.7 Å². The maximum absolute atomic E-state index is 13.2. The molecule has 0 spiro atoms. The first-order chi connectivity index (χ1) is 14.8. The molecule has 1 amide bonds. The third-order valence-corrected chi connectivity index (χ3v) is 5.96. The Balaban J connectivity index is 1.99. The van der Waals surface area contributed by atoms with Crippen LogP contribution < -0.4 is 4.90 Å². The van der Waals surface area contributed by atoms with Gasteiger partial charge in [-0.25, -0.2) is 0 Å². The Morgan fingerprint density at radius 3 is 2.23 bits per heavy atom. The fraction of sp³-hybridized carbons (Fsp3) is 0.185. The molecule has 0 saturated carbocycles. The molecule has 156 valence electrons. The van der Waals surface area contributed by atoms with Crippen LogP contribution in [0.25, 0.3) is 5.76 Å². The first-order valence-electron chi connectivity index (χ1n) is 10.3. The van der Waals surface area contributed by atoms with Gasteiger partial charge < -0.3 is 5.11 Å². The first kappa shape index (κ1) is 20.6. The smallest absolute Gasteiger partial charge is 0.300 e. The van der Waals surface area contributed by atoms with E-state index in [1.54, 1.807) is 6.07 Å². The van der Waals surface area contributed by atoms with Crippen molar-refractivity contribution >= 4 is 23.1 Å². The highest BCUT2D eigenvalue weighted by Gasteiger charge is 2.47. The van der Waals surface area contributed by atoms with Crippen LogP contribution in [0.5, 0.6) is 0 Å². The summed E-state index contributed by atoms with van der Waals surface area (Å²) in [6.45, 7) is 7.82. The van der Waals surface area contributed by atoms with Gasteiger partial charge in [-0.15, -0.1) is 0 Å². The molecular weight excluding hydrogens is 386 g/mol. The van der Waals surface area contributed by atoms with E-state index in [0.29, 0.717) is 11.3 Å². The van der Waals surface area contributed by atoms with Crippen LogP contribution in [0.1, 0.15) is 39.4 Å². The highest BCUT2D eigenvalue weighted by molar-refractivity contribution is 6.51. The zero-order valence-electron chi connectivity index (χ0n) is 18.1. The van der Waals surface area contributed by atoms with Gasteiger partial charge in [-0.2, -0.15) is 0 Å². The number of anilines is 1. The molecule has 3 aromatic carbocycles. The van der Waals surface area contributed by atoms with E-state index in [4.69, 9.17) is 0 Å². The molecule has 31 heavy (non-hydrogen) atoms. The van der Waals surface area contributed by atoms with E-state index in [0.717, 1.165) is 27.8 Å². The fourth-order valence-electron chi connectivity index (χ4n) is 4.11. The molecule has 3 aromatic rings. The molecular formula is C27H25NO3. The lowest BCUT2D eigenvalue weighted by Crippen LogP contribution is -2.30. The number of aryl methyl sites for hydroxylation is 4. The van der Waals surface area contributed by atoms with Gasteiger partial charge in [0.1, 0.15) is 5.76 Å². The molecule has 1 N–H and O–H groups in total. The van der Waals surface area contributed by atoms with E-state index in [-0.39, 0.29) is 11.3 Å². The van der Waals surface area contributed by atoms with Crippen LogP contribution in [0.3, 0.4) is 0 Å². The lowest BCUT2D eigenvalue weighted by molar-refractivity contribution is -0.132. The average molecular weight is 412 g/mol. The summed E-state index contributed by atoms with van der Waals surface area (Å²) in [4.78, 5) is 28.0. The van der Waals surface area contributed by atoms with Gasteiger partial charge in [0.05, 0.1) is 11.6 Å². The van der Waals surface area contributed by atoms with E-state index in [9.17, 15) is 14.7 Å². The van der Waals surface area contributed by atoms with Gasteiger partial charge >= 0.3 is 0 Å². The van der Waals surface area contributed by atoms with Crippen LogP contribution in [0.15, 0.2) is 72.3 Å². The second kappa shape index (κ2) is 7.88. The zero-order valence-corrected chi connectivity index (χ0v) is 18.1. The minimum absolute atomic E-state index is 0.113. The van der Waals surface area contributed by atoms with Crippen molar-refractivity contribution < 1.29 is 14.7 Å². The number of nitrogens with zero attached hydrogens (tertiary/aromatic N) is 1. The number of Topliss-reactive ketones (excluding diaryl/α,β-unsaturated/α-hetero) is 1. The van der Waals surface area contributed by atoms with Crippen molar-refractivity contribution in [2.45, 2.75) is 33.7 Å². The van der Waals surface area contributed by atoms with Crippen molar-refractivity contribution in [3.8, 4) is 0 Å². The SMILES string of the molecule is Cc1cccc(C2/C(=C(/O)c3ccc(C)c(C)c3)C(=O)C(=O)N2c2ccccc2C)c1. The third-order valence-electron chi connectivity index (χ3n) is 5.96. The summed E-state index contributed by atoms with van der Waals surface area (Å²) >= 11 is 0. The van der Waals surface area contributed by atoms with Crippen LogP contribution in [-0.2, 0) is 9.59 Å². The van der Waals surface area contributed by atoms with Crippen LogP contribution in [0, 0.1) is 27.7 Å². The monoisotopic (exact) mass is 411 g/mol. The van der Waals surface area contributed by atoms with Gasteiger partial charge in [0.15, 0.2) is 0 Å². The minimum Gasteiger partial charge on any atom is -0.507 e. The first-order valence-corrected chi connectivity index (χ1v) is 10.3. The van der Waals surface area contributed by atoms with E-state index >= 15 is 0 Å². The molecule has 4 heteroatoms. The summed E-state index contributed by atoms with van der Waals surface area (Å²) in [5.74, 6) is -1.46. The average Bonchev–Trinajstić information content (AvgIpc) is 3.01. The van der Waals surface area contributed by atoms with Crippen LogP contribution >= 0.6 is 0 Å². The Hall–Kier alpha value is -3.66. The maximum Gasteiger partial charge on any atom is 0.300 e. The largest absolute Gasteiger partial charge is 0.507 e. The standard InChI is InChI=1S/C27H25NO3/c1-16-8-7-10-20(14-16)24-23(25(29)21-13-12-17(2)19(4)15-21)26(30)27(31)28(24)22-11-6-5-9-18(22)3/h5-15,24,29H,1-4H3/b25-23-. The van der Waals surface area contributed by atoms with E-state index < -0.39 is 17.7 Å². The third kappa shape index (κ3) is 3.55. The molecule has 1 fully saturated rings. The Bertz CT molecular complexity index is 1240. The molecule has 1 heterocycles. The van der Waals surface area contributed by atoms with Crippen molar-refractivity contribution in [3.05, 3.63) is 106 Å². The number of rotatable bonds is 3. The molecule has 0 radical (unpaired) electrons. The van der Waals surface area contributed by atoms with Crippen molar-refractivity contribution in [1.29, 1.82) is 0 Å². The number of carbonyl (C=O) groups excluding carboxylic acids is 2. The highest BCUT2D eigenvalue weighted by Crippen LogP contribution is 2.43. The van der Waals surface area contributed by atoms with Crippen molar-refractivity contribution in [2.75, 3.05) is 4.90 Å². The van der Waals surface area contributed by atoms with E-state index in [2.05, 4.69) is 0 Å². The number of carbonyl (C=O) groups is 2. The van der Waals surface area contributed by atoms with Gasteiger partial charge in [0, 0.05) is 11.3 Å². The summed E-state index contributed by atoms with van der Waals surface area (Å²) in [5, 5.41) is 11.2. The molecule has 1 aliphatic heterocycles. The van der Waals surface area contributed by atoms with Gasteiger partial charge in [0.2, 0.25) is 0 Å². The van der Waals surface area contributed by atoms with Gasteiger partial charge in [-0.1, -0.05) is 60.2 Å². The predicted octanol–water partition coefficient (Wildman–Crippen LogP) is 5.55. The van der Waals surface area contributed by atoms with Crippen LogP contribution in [0.4, 0.5) is 5.69 Å². The molecule has 0 aliphatic carbocycles. The van der Waals surface area contributed by atoms with Gasteiger partial charge in [-0.3, -0.25) is 14.5 Å². The number of para-hydroxylation sites is 1. The Kier molecular flexibility index (Phi) is 5.24. The normalized spacial score (nSPS) is 17.9. The predicted molar refractivity (Wildman–Crippen MR) is 123 cm³/mol. The van der Waals surface area contributed by atoms with E-state index in [1.165, 1.54) is 4.90 Å². The number of hydrogen-bond donors (Lipinski definition) is 1. The molecule has 1 saturated heterocycles. The number of benzene rings is 3. The van der Waals surface area contributed by atoms with E-state index in [1.807, 2.05) is 88.4 Å². The van der Waals surface area contributed by atoms with Crippen molar-refractivity contribution in [1.82, 2.24) is 0 Å². The molecule has 0 bridgehead atoms. The number of amides is 1. The highest BCUT2D eigenvalue weighted by atomic mass is 16.3. The number of hydrogen-bond acceptors (Lipinski definition) is 3. The summed E-state index contributed by atoms with van der Waals surface area (Å²) in [7, 11) is 0. The topological polar surface area (TPSA) is 57.6 Å². The number of aliphatic hydroxyl groups is 1. The summed E-state index contributed by atoms with van der Waals surface area (Å²) in [6.07, 6.45) is 0. The van der Waals surface area contributed by atoms with Crippen molar-refractivity contribution in [2.24, 2.45) is 0 Å². The second-order valence-corrected chi connectivity index (χ2v) is 8.17. The Morgan fingerprint density at radius 2 is 1.55 bits per heavy atom. The van der Waals surface area contributed by atoms with Crippen LogP contribution in [-0.4, -0.2) is 16.8 Å². The lowest BCUT2D eigenvalue weighted by Gasteiger charge is -2.27. The Labute approximate surface area is 182 Å². The molecule has 0 aromatic heterocycles. The second-order valence-electron chi connectivity index (χ2n) is 8.17. The lowest BCUT2D eigenvalue weighted by atomic mass is 9.93. The van der Waals surface area contributed by atoms with Crippen molar-refractivity contribution in [3.63, 3.8) is 0 Å². The van der Waals surface area contributed by atoms with Gasteiger partial charge in [-0.05, 0) is 62.1 Å². The molecule has 4 rings (SSSR count). The summed E-state index contributed by atoms with van der Waals surface area (Å²) in [6, 6.07) is 20.0. The molecule has 1 atom stereocenters. The Morgan fingerprint density at radius 1 is 0.806 bits per heavy atom. The quantitative estimate of drug-likeness (QED) is 0.349. The summed E-state index contributed by atoms with van der Waals surface area (Å²) < 4.78 is 0. The molecule has 1 unspecified atom stereocenters. The number of ketones is 1. The minimum atomic E-state index is -0.706. The fourth-order valence-corrected chi connectivity index (χ4v) is 4.11. The maximum atomic E-state index is 13.2. The molecule has 4 nitrogen and oxygen atoms in total. The van der Waals surface area contributed by atoms with Crippen LogP contribution in [0.2, 0.25) is 0 Å².